The van der Waals surface area contributed by atoms with Gasteiger partial charge in [0.1, 0.15) is 9.71 Å². The van der Waals surface area contributed by atoms with Crippen molar-refractivity contribution in [1.29, 1.82) is 0 Å². The van der Waals surface area contributed by atoms with E-state index in [1.54, 1.807) is 11.0 Å². The average Bonchev–Trinajstić information content (AvgIpc) is 3.40. The second-order valence-electron chi connectivity index (χ2n) is 6.65. The van der Waals surface area contributed by atoms with Crippen LogP contribution in [0.2, 0.25) is 0 Å². The number of morpholine rings is 1. The Bertz CT molecular complexity index is 1020. The van der Waals surface area contributed by atoms with Gasteiger partial charge in [0.05, 0.1) is 36.8 Å². The number of anilines is 2. The first kappa shape index (κ1) is 16.5. The summed E-state index contributed by atoms with van der Waals surface area (Å²) in [6, 6.07) is 2.08. The fourth-order valence-electron chi connectivity index (χ4n) is 3.52. The number of pyridine rings is 1. The molecule has 0 saturated carbocycles. The number of aromatic nitrogens is 3. The minimum atomic E-state index is -0.319. The lowest BCUT2D eigenvalue weighted by Crippen LogP contribution is -2.62. The quantitative estimate of drug-likeness (QED) is 0.642. The van der Waals surface area contributed by atoms with Crippen LogP contribution in [0, 0.1) is 0 Å². The third kappa shape index (κ3) is 2.90. The Morgan fingerprint density at radius 1 is 1.33 bits per heavy atom. The zero-order chi connectivity index (χ0) is 18.4. The van der Waals surface area contributed by atoms with Crippen molar-refractivity contribution in [2.45, 2.75) is 19.3 Å². The van der Waals surface area contributed by atoms with Gasteiger partial charge in [-0.1, -0.05) is 0 Å². The fraction of sp³-hybridized carbons (Fsp3) is 0.412. The standard InChI is InChI=1S/C17H18N6O3S/c18-14-11-8-10-2-1-3-12(10)19-17(11)27-15(14)16(24)20-13-9-23(21-26-13)22-4-6-25-7-5-22/h8-9H,1-7H2,(H2-,18,20,21,24)/p+1. The molecule has 10 heteroatoms. The number of thiophene rings is 1. The van der Waals surface area contributed by atoms with E-state index < -0.39 is 0 Å². The molecule has 1 saturated heterocycles. The summed E-state index contributed by atoms with van der Waals surface area (Å²) in [5, 5.41) is 9.51. The Labute approximate surface area is 158 Å². The Kier molecular flexibility index (Phi) is 3.94. The van der Waals surface area contributed by atoms with Gasteiger partial charge >= 0.3 is 5.88 Å². The average molecular weight is 387 g/mol. The lowest BCUT2D eigenvalue weighted by molar-refractivity contribution is -0.759. The van der Waals surface area contributed by atoms with Gasteiger partial charge in [0.15, 0.2) is 0 Å². The predicted octanol–water partition coefficient (Wildman–Crippen LogP) is 0.863. The van der Waals surface area contributed by atoms with E-state index in [1.807, 2.05) is 5.01 Å². The molecule has 0 radical (unpaired) electrons. The van der Waals surface area contributed by atoms with Crippen LogP contribution in [0.3, 0.4) is 0 Å². The fourth-order valence-corrected chi connectivity index (χ4v) is 4.51. The van der Waals surface area contributed by atoms with Gasteiger partial charge in [0.2, 0.25) is 5.27 Å². The van der Waals surface area contributed by atoms with E-state index in [1.165, 1.54) is 16.9 Å². The molecule has 0 spiro atoms. The third-order valence-corrected chi connectivity index (χ3v) is 6.04. The van der Waals surface area contributed by atoms with Gasteiger partial charge in [-0.05, 0) is 30.9 Å². The molecular formula is C17H19N6O3S+. The Morgan fingerprint density at radius 2 is 2.19 bits per heavy atom. The summed E-state index contributed by atoms with van der Waals surface area (Å²) in [6.45, 7) is 2.70. The third-order valence-electron chi connectivity index (χ3n) is 4.93. The molecular weight excluding hydrogens is 368 g/mol. The number of hydrogen-bond donors (Lipinski definition) is 2. The van der Waals surface area contributed by atoms with Crippen LogP contribution < -0.4 is 20.9 Å². The number of rotatable bonds is 3. The highest BCUT2D eigenvalue weighted by molar-refractivity contribution is 7.21. The lowest BCUT2D eigenvalue weighted by atomic mass is 10.1. The van der Waals surface area contributed by atoms with Crippen LogP contribution in [0.5, 0.6) is 0 Å². The van der Waals surface area contributed by atoms with Crippen LogP contribution >= 0.6 is 11.3 Å². The second-order valence-corrected chi connectivity index (χ2v) is 7.65. The van der Waals surface area contributed by atoms with Gasteiger partial charge in [0, 0.05) is 11.1 Å². The van der Waals surface area contributed by atoms with Crippen LogP contribution in [-0.2, 0) is 17.6 Å². The molecule has 1 fully saturated rings. The molecule has 0 atom stereocenters. The lowest BCUT2D eigenvalue weighted by Gasteiger charge is -2.18. The van der Waals surface area contributed by atoms with Crippen LogP contribution in [-0.4, -0.2) is 42.5 Å². The van der Waals surface area contributed by atoms with E-state index in [0.717, 1.165) is 35.2 Å². The molecule has 1 aliphatic carbocycles. The van der Waals surface area contributed by atoms with E-state index in [2.05, 4.69) is 16.7 Å². The summed E-state index contributed by atoms with van der Waals surface area (Å²) in [5.41, 5.74) is 9.07. The molecule has 4 heterocycles. The summed E-state index contributed by atoms with van der Waals surface area (Å²) < 4.78 is 10.6. The number of carbonyl (C=O) groups is 1. The normalized spacial score (nSPS) is 16.7. The molecule has 0 unspecified atom stereocenters. The van der Waals surface area contributed by atoms with Crippen molar-refractivity contribution in [3.05, 3.63) is 28.4 Å². The predicted molar refractivity (Wildman–Crippen MR) is 99.5 cm³/mol. The summed E-state index contributed by atoms with van der Waals surface area (Å²) in [5.74, 6) is -0.0558. The topological polar surface area (TPSA) is 110 Å². The molecule has 9 nitrogen and oxygen atoms in total. The Hall–Kier alpha value is -2.72. The molecule has 2 aliphatic rings. The van der Waals surface area contributed by atoms with Gasteiger partial charge in [0.25, 0.3) is 12.1 Å². The van der Waals surface area contributed by atoms with E-state index in [4.69, 9.17) is 20.0 Å². The van der Waals surface area contributed by atoms with Crippen LogP contribution in [0.25, 0.3) is 10.2 Å². The first-order valence-corrected chi connectivity index (χ1v) is 9.74. The van der Waals surface area contributed by atoms with Gasteiger partial charge in [-0.3, -0.25) is 14.6 Å². The van der Waals surface area contributed by atoms with Crippen molar-refractivity contribution in [1.82, 2.24) is 10.3 Å². The molecule has 140 valence electrons. The molecule has 3 N–H and O–H groups in total. The van der Waals surface area contributed by atoms with E-state index in [9.17, 15) is 4.79 Å². The van der Waals surface area contributed by atoms with Gasteiger partial charge in [-0.25, -0.2) is 4.98 Å². The number of fused-ring (bicyclic) bond motifs is 2. The summed E-state index contributed by atoms with van der Waals surface area (Å²) in [6.07, 6.45) is 4.78. The van der Waals surface area contributed by atoms with Gasteiger partial charge in [-0.2, -0.15) is 0 Å². The molecule has 1 aliphatic heterocycles. The molecule has 0 bridgehead atoms. The highest BCUT2D eigenvalue weighted by Gasteiger charge is 2.26. The molecule has 27 heavy (non-hydrogen) atoms. The minimum absolute atomic E-state index is 0.263. The number of nitrogens with one attached hydrogen (secondary N) is 1. The highest BCUT2D eigenvalue weighted by atomic mass is 32.1. The summed E-state index contributed by atoms with van der Waals surface area (Å²) in [4.78, 5) is 20.2. The van der Waals surface area contributed by atoms with Crippen LogP contribution in [0.15, 0.2) is 16.8 Å². The molecule has 5 rings (SSSR count). The number of ether oxygens (including phenoxy) is 1. The number of aryl methyl sites for hydroxylation is 2. The molecule has 0 aromatic carbocycles. The molecule has 3 aromatic heterocycles. The number of nitrogens with zero attached hydrogens (tertiary/aromatic N) is 4. The van der Waals surface area contributed by atoms with Crippen molar-refractivity contribution in [3.63, 3.8) is 0 Å². The maximum atomic E-state index is 12.7. The smallest absolute Gasteiger partial charge is 0.306 e. The molecule has 1 amide bonds. The van der Waals surface area contributed by atoms with Gasteiger partial charge < -0.3 is 10.5 Å². The van der Waals surface area contributed by atoms with Crippen molar-refractivity contribution >= 4 is 39.0 Å². The van der Waals surface area contributed by atoms with Crippen LogP contribution in [0.1, 0.15) is 27.3 Å². The Morgan fingerprint density at radius 3 is 3.04 bits per heavy atom. The number of nitrogen functional groups attached to an aromatic ring is 1. The summed E-state index contributed by atoms with van der Waals surface area (Å²) in [7, 11) is 0. The monoisotopic (exact) mass is 387 g/mol. The number of hydrogen-bond acceptors (Lipinski definition) is 8. The number of carbonyl (C=O) groups excluding carboxylic acids is 1. The SMILES string of the molecule is Nc1c(C(=O)Nc2c[n+](N3CCOCC3)no2)sc2nc3c(cc12)CCC3. The van der Waals surface area contributed by atoms with E-state index in [0.29, 0.717) is 36.9 Å². The van der Waals surface area contributed by atoms with Crippen molar-refractivity contribution < 1.29 is 18.8 Å². The van der Waals surface area contributed by atoms with E-state index >= 15 is 0 Å². The Balaban J connectivity index is 1.38. The first-order chi connectivity index (χ1) is 13.2. The van der Waals surface area contributed by atoms with E-state index in [-0.39, 0.29) is 11.8 Å². The van der Waals surface area contributed by atoms with Crippen molar-refractivity contribution in [2.24, 2.45) is 0 Å². The zero-order valence-corrected chi connectivity index (χ0v) is 15.4. The maximum absolute atomic E-state index is 12.7. The van der Waals surface area contributed by atoms with Gasteiger partial charge in [-0.15, -0.1) is 16.3 Å². The maximum Gasteiger partial charge on any atom is 0.306 e. The van der Waals surface area contributed by atoms with Crippen molar-refractivity contribution in [3.8, 4) is 0 Å². The highest BCUT2D eigenvalue weighted by Crippen LogP contribution is 2.36. The largest absolute Gasteiger partial charge is 0.397 e. The number of amides is 1. The zero-order valence-electron chi connectivity index (χ0n) is 14.6. The number of nitrogens with two attached hydrogens (primary N) is 1. The minimum Gasteiger partial charge on any atom is -0.397 e. The first-order valence-electron chi connectivity index (χ1n) is 8.93. The molecule has 3 aromatic rings. The summed E-state index contributed by atoms with van der Waals surface area (Å²) >= 11 is 1.31. The van der Waals surface area contributed by atoms with Crippen LogP contribution in [0.4, 0.5) is 11.6 Å². The second kappa shape index (κ2) is 6.46. The van der Waals surface area contributed by atoms with Crippen molar-refractivity contribution in [2.75, 3.05) is 42.4 Å².